The summed E-state index contributed by atoms with van der Waals surface area (Å²) in [6, 6.07) is 0. The number of nitrogens with one attached hydrogen (secondary N) is 1. The molecule has 1 rings (SSSR count). The zero-order chi connectivity index (χ0) is 15.8. The predicted octanol–water partition coefficient (Wildman–Crippen LogP) is 0.753. The summed E-state index contributed by atoms with van der Waals surface area (Å²) in [6.45, 7) is 8.68. The van der Waals surface area contributed by atoms with Crippen LogP contribution in [0.2, 0.25) is 0 Å². The van der Waals surface area contributed by atoms with E-state index in [0.717, 1.165) is 32.1 Å². The van der Waals surface area contributed by atoms with Crippen molar-refractivity contribution in [3.05, 3.63) is 25.5 Å². The molecule has 1 aliphatic heterocycles. The van der Waals surface area contributed by atoms with Gasteiger partial charge in [0.2, 0.25) is 5.91 Å². The number of hydrogen-bond acceptors (Lipinski definition) is 5. The van der Waals surface area contributed by atoms with E-state index in [1.165, 1.54) is 6.92 Å². The molecule has 6 heteroatoms. The van der Waals surface area contributed by atoms with Crippen molar-refractivity contribution in [2.24, 2.45) is 5.92 Å². The Morgan fingerprint density at radius 3 is 2.35 bits per heavy atom. The van der Waals surface area contributed by atoms with E-state index in [4.69, 9.17) is 10.2 Å². The third kappa shape index (κ3) is 14.4. The highest BCUT2D eigenvalue weighted by Crippen LogP contribution is 2.12. The highest BCUT2D eigenvalue weighted by molar-refractivity contribution is 5.80. The number of aliphatic hydroxyl groups is 2. The number of rotatable bonds is 3. The number of hydrogen-bond donors (Lipinski definition) is 3. The van der Waals surface area contributed by atoms with E-state index in [9.17, 15) is 9.59 Å². The average Bonchev–Trinajstić information content (AvgIpc) is 2.64. The Balaban J connectivity index is 0. The van der Waals surface area contributed by atoms with Gasteiger partial charge in [0.15, 0.2) is 0 Å². The van der Waals surface area contributed by atoms with Crippen LogP contribution in [0, 0.1) is 5.92 Å². The second-order valence-corrected chi connectivity index (χ2v) is 3.85. The Morgan fingerprint density at radius 2 is 2.00 bits per heavy atom. The van der Waals surface area contributed by atoms with Gasteiger partial charge in [-0.05, 0) is 12.8 Å². The van der Waals surface area contributed by atoms with Crippen LogP contribution in [0.15, 0.2) is 25.5 Å². The zero-order valence-electron chi connectivity index (χ0n) is 12.0. The summed E-state index contributed by atoms with van der Waals surface area (Å²) >= 11 is 0. The van der Waals surface area contributed by atoms with Crippen LogP contribution in [0.4, 0.5) is 0 Å². The van der Waals surface area contributed by atoms with E-state index in [2.05, 4.69) is 23.2 Å². The first-order valence-corrected chi connectivity index (χ1v) is 6.43. The first-order valence-electron chi connectivity index (χ1n) is 6.43. The molecule has 1 atom stereocenters. The molecule has 0 saturated carbocycles. The van der Waals surface area contributed by atoms with Crippen molar-refractivity contribution in [2.45, 2.75) is 26.2 Å². The molecule has 0 aliphatic carbocycles. The van der Waals surface area contributed by atoms with Crippen LogP contribution in [0.3, 0.4) is 0 Å². The molecule has 1 unspecified atom stereocenters. The van der Waals surface area contributed by atoms with Crippen LogP contribution in [0.25, 0.3) is 0 Å². The minimum atomic E-state index is -0.329. The quantitative estimate of drug-likeness (QED) is 0.404. The van der Waals surface area contributed by atoms with E-state index in [1.807, 2.05) is 0 Å². The summed E-state index contributed by atoms with van der Waals surface area (Å²) in [7, 11) is 0. The fourth-order valence-corrected chi connectivity index (χ4v) is 1.31. The Labute approximate surface area is 120 Å². The summed E-state index contributed by atoms with van der Waals surface area (Å²) in [5, 5.41) is 18.1. The zero-order valence-corrected chi connectivity index (χ0v) is 12.0. The molecule has 20 heavy (non-hydrogen) atoms. The first kappa shape index (κ1) is 20.7. The van der Waals surface area contributed by atoms with Crippen LogP contribution in [0.1, 0.15) is 26.2 Å². The maximum Gasteiger partial charge on any atom is 0.307 e. The standard InChI is InChI=1S/C8H13NO.C4H6O2.C2H6O2/c1-2-7-5-3-4-6-9-8(7)10;1-3-6-4(2)5;3-1-2-4/h2,7H,1,3-6H2,(H,9,10);3H,1H2,2H3;3-4H,1-2H2. The normalized spacial score (nSPS) is 16.9. The molecule has 0 aromatic carbocycles. The summed E-state index contributed by atoms with van der Waals surface area (Å²) in [5.41, 5.74) is 0. The number of amides is 1. The molecular formula is C14H25NO5. The van der Waals surface area contributed by atoms with Gasteiger partial charge in [-0.25, -0.2) is 0 Å². The number of aliphatic hydroxyl groups excluding tert-OH is 2. The lowest BCUT2D eigenvalue weighted by atomic mass is 10.0. The van der Waals surface area contributed by atoms with Crippen LogP contribution in [-0.4, -0.2) is 41.8 Å². The predicted molar refractivity (Wildman–Crippen MR) is 76.7 cm³/mol. The van der Waals surface area contributed by atoms with Crippen molar-refractivity contribution in [3.63, 3.8) is 0 Å². The van der Waals surface area contributed by atoms with Crippen molar-refractivity contribution < 1.29 is 24.5 Å². The van der Waals surface area contributed by atoms with Gasteiger partial charge in [-0.1, -0.05) is 19.1 Å². The van der Waals surface area contributed by atoms with Gasteiger partial charge in [-0.3, -0.25) is 9.59 Å². The highest BCUT2D eigenvalue weighted by atomic mass is 16.5. The molecule has 0 radical (unpaired) electrons. The highest BCUT2D eigenvalue weighted by Gasteiger charge is 2.16. The molecule has 0 spiro atoms. The minimum absolute atomic E-state index is 0.0579. The lowest BCUT2D eigenvalue weighted by Crippen LogP contribution is -2.27. The largest absolute Gasteiger partial charge is 0.435 e. The summed E-state index contributed by atoms with van der Waals surface area (Å²) < 4.78 is 4.17. The lowest BCUT2D eigenvalue weighted by Gasteiger charge is -2.05. The Morgan fingerprint density at radius 1 is 1.40 bits per heavy atom. The van der Waals surface area contributed by atoms with Gasteiger partial charge in [0.25, 0.3) is 0 Å². The van der Waals surface area contributed by atoms with Gasteiger partial charge in [0, 0.05) is 13.5 Å². The number of ether oxygens (including phenoxy) is 1. The SMILES string of the molecule is C=CC1CCCCNC1=O.C=COC(C)=O.OCCO. The van der Waals surface area contributed by atoms with Crippen LogP contribution in [0.5, 0.6) is 0 Å². The van der Waals surface area contributed by atoms with E-state index < -0.39 is 0 Å². The molecule has 1 saturated heterocycles. The van der Waals surface area contributed by atoms with Crippen molar-refractivity contribution in [3.8, 4) is 0 Å². The molecule has 1 fully saturated rings. The van der Waals surface area contributed by atoms with E-state index in [-0.39, 0.29) is 31.0 Å². The van der Waals surface area contributed by atoms with Crippen molar-refractivity contribution in [2.75, 3.05) is 19.8 Å². The van der Waals surface area contributed by atoms with Gasteiger partial charge in [-0.2, -0.15) is 0 Å². The fourth-order valence-electron chi connectivity index (χ4n) is 1.31. The van der Waals surface area contributed by atoms with Gasteiger partial charge in [0.1, 0.15) is 0 Å². The van der Waals surface area contributed by atoms with Gasteiger partial charge < -0.3 is 20.3 Å². The smallest absolute Gasteiger partial charge is 0.307 e. The lowest BCUT2D eigenvalue weighted by molar-refractivity contribution is -0.135. The molecule has 1 aliphatic rings. The number of esters is 1. The van der Waals surface area contributed by atoms with Crippen molar-refractivity contribution in [1.29, 1.82) is 0 Å². The molecule has 0 bridgehead atoms. The minimum Gasteiger partial charge on any atom is -0.435 e. The van der Waals surface area contributed by atoms with Crippen molar-refractivity contribution >= 4 is 11.9 Å². The molecule has 116 valence electrons. The summed E-state index contributed by atoms with van der Waals surface area (Å²) in [6.07, 6.45) is 6.05. The maximum atomic E-state index is 11.1. The Bertz CT molecular complexity index is 289. The third-order valence-electron chi connectivity index (χ3n) is 2.21. The monoisotopic (exact) mass is 287 g/mol. The molecule has 1 heterocycles. The molecule has 3 N–H and O–H groups in total. The van der Waals surface area contributed by atoms with Crippen LogP contribution < -0.4 is 5.32 Å². The second-order valence-electron chi connectivity index (χ2n) is 3.85. The van der Waals surface area contributed by atoms with Gasteiger partial charge in [0.05, 0.1) is 25.4 Å². The number of carbonyl (C=O) groups excluding carboxylic acids is 2. The Hall–Kier alpha value is -1.66. The fraction of sp³-hybridized carbons (Fsp3) is 0.571. The summed E-state index contributed by atoms with van der Waals surface area (Å²) in [5.74, 6) is -0.125. The van der Waals surface area contributed by atoms with Crippen LogP contribution >= 0.6 is 0 Å². The van der Waals surface area contributed by atoms with E-state index in [1.54, 1.807) is 6.08 Å². The van der Waals surface area contributed by atoms with E-state index in [0.29, 0.717) is 0 Å². The Kier molecular flexibility index (Phi) is 15.9. The number of carbonyl (C=O) groups is 2. The average molecular weight is 287 g/mol. The van der Waals surface area contributed by atoms with Gasteiger partial charge >= 0.3 is 5.97 Å². The maximum absolute atomic E-state index is 11.1. The third-order valence-corrected chi connectivity index (χ3v) is 2.21. The van der Waals surface area contributed by atoms with Gasteiger partial charge in [-0.15, -0.1) is 6.58 Å². The second kappa shape index (κ2) is 15.4. The van der Waals surface area contributed by atoms with E-state index >= 15 is 0 Å². The first-order chi connectivity index (χ1) is 9.53. The topological polar surface area (TPSA) is 95.9 Å². The van der Waals surface area contributed by atoms with Crippen LogP contribution in [-0.2, 0) is 14.3 Å². The molecular weight excluding hydrogens is 262 g/mol. The molecule has 0 aromatic rings. The summed E-state index contributed by atoms with van der Waals surface area (Å²) in [4.78, 5) is 20.8. The molecule has 1 amide bonds. The van der Waals surface area contributed by atoms with Crippen molar-refractivity contribution in [1.82, 2.24) is 5.32 Å². The molecule has 6 nitrogen and oxygen atoms in total. The molecule has 0 aromatic heterocycles.